The lowest BCUT2D eigenvalue weighted by molar-refractivity contribution is 0.261. The van der Waals surface area contributed by atoms with Gasteiger partial charge in [0, 0.05) is 48.6 Å². The van der Waals surface area contributed by atoms with Gasteiger partial charge in [0.15, 0.2) is 11.4 Å². The second kappa shape index (κ2) is 8.53. The topological polar surface area (TPSA) is 76.3 Å². The minimum absolute atomic E-state index is 0.394. The first-order valence-electron chi connectivity index (χ1n) is 10.2. The van der Waals surface area contributed by atoms with Gasteiger partial charge in [-0.25, -0.2) is 9.29 Å². The molecule has 3 aromatic heterocycles. The lowest BCUT2D eigenvalue weighted by Crippen LogP contribution is -2.31. The zero-order valence-electron chi connectivity index (χ0n) is 17.3. The summed E-state index contributed by atoms with van der Waals surface area (Å²) < 4.78 is 16.8. The van der Waals surface area contributed by atoms with Crippen molar-refractivity contribution in [3.8, 4) is 17.1 Å². The molecule has 31 heavy (non-hydrogen) atoms. The molecule has 5 rings (SSSR count). The van der Waals surface area contributed by atoms with E-state index < -0.39 is 0 Å². The van der Waals surface area contributed by atoms with E-state index in [4.69, 9.17) is 20.9 Å². The van der Waals surface area contributed by atoms with Crippen molar-refractivity contribution in [3.05, 3.63) is 41.7 Å². The standard InChI is InChI=1S/C22H22ClN5O2S/c1-13(2)12-29-22-18(23)9-15(11-25-22)20-16-10-19-17(8-14(16)4-5-24-20)21(26-30-19)27-31-28-6-3-7-28/h4-5,8-11,13H,3,6-7,12H2,1-2H3,(H,26,27). The average molecular weight is 456 g/mol. The number of nitrogens with one attached hydrogen (secondary N) is 1. The highest BCUT2D eigenvalue weighted by atomic mass is 35.5. The molecule has 9 heteroatoms. The number of aromatic nitrogens is 3. The molecule has 0 atom stereocenters. The Morgan fingerprint density at radius 3 is 2.84 bits per heavy atom. The van der Waals surface area contributed by atoms with Crippen LogP contribution in [0.1, 0.15) is 20.3 Å². The Bertz CT molecular complexity index is 1240. The Labute approximate surface area is 189 Å². The molecule has 1 aromatic carbocycles. The quantitative estimate of drug-likeness (QED) is 0.350. The minimum Gasteiger partial charge on any atom is -0.476 e. The zero-order valence-corrected chi connectivity index (χ0v) is 18.8. The van der Waals surface area contributed by atoms with E-state index in [9.17, 15) is 0 Å². The van der Waals surface area contributed by atoms with Crippen molar-refractivity contribution >= 4 is 51.3 Å². The lowest BCUT2D eigenvalue weighted by atomic mass is 10.0. The third-order valence-electron chi connectivity index (χ3n) is 5.08. The van der Waals surface area contributed by atoms with E-state index in [1.807, 2.05) is 18.2 Å². The van der Waals surface area contributed by atoms with Crippen LogP contribution in [0.4, 0.5) is 5.82 Å². The van der Waals surface area contributed by atoms with Gasteiger partial charge in [-0.3, -0.25) is 9.71 Å². The third-order valence-corrected chi connectivity index (χ3v) is 6.25. The maximum Gasteiger partial charge on any atom is 0.232 e. The first-order chi connectivity index (χ1) is 15.1. The minimum atomic E-state index is 0.394. The smallest absolute Gasteiger partial charge is 0.232 e. The van der Waals surface area contributed by atoms with Crippen LogP contribution in [0.3, 0.4) is 0 Å². The zero-order chi connectivity index (χ0) is 21.4. The van der Waals surface area contributed by atoms with Gasteiger partial charge in [0.1, 0.15) is 5.02 Å². The third kappa shape index (κ3) is 4.15. The van der Waals surface area contributed by atoms with Gasteiger partial charge in [-0.05, 0) is 42.0 Å². The molecule has 1 fully saturated rings. The Morgan fingerprint density at radius 2 is 2.10 bits per heavy atom. The van der Waals surface area contributed by atoms with Crippen molar-refractivity contribution in [2.45, 2.75) is 20.3 Å². The predicted molar refractivity (Wildman–Crippen MR) is 125 cm³/mol. The highest BCUT2D eigenvalue weighted by Gasteiger charge is 2.18. The number of pyridine rings is 2. The molecule has 1 aliphatic rings. The number of ether oxygens (including phenoxy) is 1. The first-order valence-corrected chi connectivity index (χ1v) is 11.4. The van der Waals surface area contributed by atoms with E-state index in [1.165, 1.54) is 6.42 Å². The summed E-state index contributed by atoms with van der Waals surface area (Å²) in [6.45, 7) is 6.90. The molecule has 1 saturated heterocycles. The molecule has 0 saturated carbocycles. The monoisotopic (exact) mass is 455 g/mol. The SMILES string of the molecule is CC(C)COc1ncc(-c2nccc3cc4c(NSN5CCC5)noc4cc23)cc1Cl. The van der Waals surface area contributed by atoms with Crippen LogP contribution in [0.15, 0.2) is 41.2 Å². The van der Waals surface area contributed by atoms with Gasteiger partial charge in [0.2, 0.25) is 5.88 Å². The van der Waals surface area contributed by atoms with Crippen LogP contribution in [-0.2, 0) is 0 Å². The number of hydrogen-bond donors (Lipinski definition) is 1. The van der Waals surface area contributed by atoms with E-state index in [-0.39, 0.29) is 0 Å². The van der Waals surface area contributed by atoms with Gasteiger partial charge in [0.05, 0.1) is 17.7 Å². The average Bonchev–Trinajstić information content (AvgIpc) is 3.11. The molecule has 0 amide bonds. The maximum absolute atomic E-state index is 6.43. The number of nitrogens with zero attached hydrogens (tertiary/aromatic N) is 4. The summed E-state index contributed by atoms with van der Waals surface area (Å²) in [6.07, 6.45) is 4.76. The summed E-state index contributed by atoms with van der Waals surface area (Å²) in [7, 11) is 0. The molecule has 0 radical (unpaired) electrons. The van der Waals surface area contributed by atoms with Crippen LogP contribution in [0.25, 0.3) is 33.0 Å². The largest absolute Gasteiger partial charge is 0.476 e. The van der Waals surface area contributed by atoms with E-state index in [2.05, 4.69) is 44.1 Å². The second-order valence-electron chi connectivity index (χ2n) is 7.95. The van der Waals surface area contributed by atoms with Crippen LogP contribution in [0.2, 0.25) is 5.02 Å². The maximum atomic E-state index is 6.43. The van der Waals surface area contributed by atoms with Gasteiger partial charge in [-0.1, -0.05) is 30.6 Å². The van der Waals surface area contributed by atoms with Crippen LogP contribution >= 0.6 is 23.7 Å². The highest BCUT2D eigenvalue weighted by molar-refractivity contribution is 7.98. The molecule has 1 aliphatic heterocycles. The fourth-order valence-corrected chi connectivity index (χ4v) is 4.33. The van der Waals surface area contributed by atoms with Crippen LogP contribution in [0.5, 0.6) is 5.88 Å². The fraction of sp³-hybridized carbons (Fsp3) is 0.318. The van der Waals surface area contributed by atoms with Crippen LogP contribution < -0.4 is 9.46 Å². The molecule has 160 valence electrons. The van der Waals surface area contributed by atoms with Gasteiger partial charge < -0.3 is 9.26 Å². The van der Waals surface area contributed by atoms with Gasteiger partial charge >= 0.3 is 0 Å². The summed E-state index contributed by atoms with van der Waals surface area (Å²) in [5.74, 6) is 1.56. The number of fused-ring (bicyclic) bond motifs is 2. The highest BCUT2D eigenvalue weighted by Crippen LogP contribution is 2.35. The summed E-state index contributed by atoms with van der Waals surface area (Å²) in [5.41, 5.74) is 2.30. The van der Waals surface area contributed by atoms with Crippen molar-refractivity contribution in [2.75, 3.05) is 24.4 Å². The summed E-state index contributed by atoms with van der Waals surface area (Å²) in [4.78, 5) is 8.99. The van der Waals surface area contributed by atoms with E-state index >= 15 is 0 Å². The molecule has 0 spiro atoms. The van der Waals surface area contributed by atoms with Crippen molar-refractivity contribution in [1.82, 2.24) is 19.4 Å². The van der Waals surface area contributed by atoms with Crippen LogP contribution in [-0.4, -0.2) is 39.1 Å². The van der Waals surface area contributed by atoms with Gasteiger partial charge in [-0.2, -0.15) is 0 Å². The number of anilines is 1. The van der Waals surface area contributed by atoms with Crippen molar-refractivity contribution in [3.63, 3.8) is 0 Å². The molecule has 4 aromatic rings. The van der Waals surface area contributed by atoms with Crippen molar-refractivity contribution < 1.29 is 9.26 Å². The van der Waals surface area contributed by atoms with Crippen LogP contribution in [0, 0.1) is 5.92 Å². The predicted octanol–water partition coefficient (Wildman–Crippen LogP) is 5.81. The number of halogens is 1. The van der Waals surface area contributed by atoms with Crippen molar-refractivity contribution in [1.29, 1.82) is 0 Å². The Kier molecular flexibility index (Phi) is 5.60. The summed E-state index contributed by atoms with van der Waals surface area (Å²) >= 11 is 7.99. The Hall–Kier alpha value is -2.55. The summed E-state index contributed by atoms with van der Waals surface area (Å²) in [5, 5.41) is 7.59. The molecule has 0 unspecified atom stereocenters. The first kappa shape index (κ1) is 20.4. The normalized spacial score (nSPS) is 14.3. The fourth-order valence-electron chi connectivity index (χ4n) is 3.30. The van der Waals surface area contributed by atoms with Gasteiger partial charge in [-0.15, -0.1) is 0 Å². The molecule has 7 nitrogen and oxygen atoms in total. The lowest BCUT2D eigenvalue weighted by Gasteiger charge is -2.28. The van der Waals surface area contributed by atoms with E-state index in [0.29, 0.717) is 29.0 Å². The molecule has 1 N–H and O–H groups in total. The van der Waals surface area contributed by atoms with E-state index in [1.54, 1.807) is 24.5 Å². The van der Waals surface area contributed by atoms with Crippen molar-refractivity contribution in [2.24, 2.45) is 5.92 Å². The molecule has 0 aliphatic carbocycles. The number of rotatable bonds is 7. The molecule has 4 heterocycles. The van der Waals surface area contributed by atoms with Gasteiger partial charge in [0.25, 0.3) is 0 Å². The second-order valence-corrected chi connectivity index (χ2v) is 9.26. The number of hydrogen-bond acceptors (Lipinski definition) is 8. The molecule has 0 bridgehead atoms. The summed E-state index contributed by atoms with van der Waals surface area (Å²) in [6, 6.07) is 7.86. The molecular formula is C22H22ClN5O2S. The van der Waals surface area contributed by atoms with E-state index in [0.717, 1.165) is 46.3 Å². The number of benzene rings is 1. The Morgan fingerprint density at radius 1 is 1.23 bits per heavy atom. The molecular weight excluding hydrogens is 434 g/mol. The Balaban J connectivity index is 1.48.